The van der Waals surface area contributed by atoms with Crippen LogP contribution in [-0.2, 0) is 9.59 Å². The van der Waals surface area contributed by atoms with Gasteiger partial charge in [-0.1, -0.05) is 12.1 Å². The lowest BCUT2D eigenvalue weighted by molar-refractivity contribution is -0.155. The summed E-state index contributed by atoms with van der Waals surface area (Å²) < 4.78 is 18.8. The minimum Gasteiger partial charge on any atom is -0.480 e. The number of rotatable bonds is 4. The first kappa shape index (κ1) is 15.3. The number of carbonyl (C=O) groups is 2. The lowest BCUT2D eigenvalue weighted by Crippen LogP contribution is -2.52. The number of ether oxygens (including phenoxy) is 1. The van der Waals surface area contributed by atoms with Crippen molar-refractivity contribution in [2.45, 2.75) is 38.3 Å². The highest BCUT2D eigenvalue weighted by atomic mass is 19.1. The Bertz CT molecular complexity index is 534. The molecule has 21 heavy (non-hydrogen) atoms. The molecule has 1 fully saturated rings. The number of piperidine rings is 1. The van der Waals surface area contributed by atoms with Gasteiger partial charge < -0.3 is 14.7 Å². The van der Waals surface area contributed by atoms with Gasteiger partial charge >= 0.3 is 5.97 Å². The van der Waals surface area contributed by atoms with Gasteiger partial charge in [0.1, 0.15) is 6.04 Å². The molecule has 1 aromatic rings. The van der Waals surface area contributed by atoms with Crippen molar-refractivity contribution in [3.8, 4) is 5.75 Å². The summed E-state index contributed by atoms with van der Waals surface area (Å²) in [5.41, 5.74) is 0. The number of hydrogen-bond acceptors (Lipinski definition) is 3. The predicted octanol–water partition coefficient (Wildman–Crippen LogP) is 2.06. The van der Waals surface area contributed by atoms with Crippen LogP contribution in [-0.4, -0.2) is 40.6 Å². The van der Waals surface area contributed by atoms with E-state index in [4.69, 9.17) is 4.74 Å². The fourth-order valence-electron chi connectivity index (χ4n) is 2.47. The largest absolute Gasteiger partial charge is 0.480 e. The Hall–Kier alpha value is -2.11. The topological polar surface area (TPSA) is 66.8 Å². The summed E-state index contributed by atoms with van der Waals surface area (Å²) in [6.07, 6.45) is 1.06. The molecule has 0 saturated carbocycles. The summed E-state index contributed by atoms with van der Waals surface area (Å²) in [5, 5.41) is 9.18. The maximum atomic E-state index is 13.5. The van der Waals surface area contributed by atoms with E-state index in [0.717, 1.165) is 12.8 Å². The molecule has 0 spiro atoms. The van der Waals surface area contributed by atoms with Crippen molar-refractivity contribution in [2.75, 3.05) is 6.54 Å². The van der Waals surface area contributed by atoms with Crippen molar-refractivity contribution in [1.82, 2.24) is 4.90 Å². The fourth-order valence-corrected chi connectivity index (χ4v) is 2.47. The van der Waals surface area contributed by atoms with E-state index in [1.165, 1.54) is 30.0 Å². The average Bonchev–Trinajstić information content (AvgIpc) is 2.48. The maximum absolute atomic E-state index is 13.5. The molecule has 2 rings (SSSR count). The van der Waals surface area contributed by atoms with E-state index in [1.54, 1.807) is 6.07 Å². The van der Waals surface area contributed by atoms with E-state index in [2.05, 4.69) is 0 Å². The van der Waals surface area contributed by atoms with Gasteiger partial charge in [-0.25, -0.2) is 9.18 Å². The van der Waals surface area contributed by atoms with Gasteiger partial charge in [-0.3, -0.25) is 4.79 Å². The Balaban J connectivity index is 2.07. The predicted molar refractivity (Wildman–Crippen MR) is 73.5 cm³/mol. The number of likely N-dealkylation sites (tertiary alicyclic amines) is 1. The molecule has 1 aliphatic heterocycles. The van der Waals surface area contributed by atoms with Crippen molar-refractivity contribution in [3.63, 3.8) is 0 Å². The number of benzene rings is 1. The lowest BCUT2D eigenvalue weighted by Gasteiger charge is -2.34. The second-order valence-corrected chi connectivity index (χ2v) is 5.07. The second-order valence-electron chi connectivity index (χ2n) is 5.07. The number of carbonyl (C=O) groups excluding carboxylic acids is 1. The summed E-state index contributed by atoms with van der Waals surface area (Å²) >= 11 is 0. The molecule has 1 heterocycles. The first-order valence-electron chi connectivity index (χ1n) is 6.95. The number of amides is 1. The van der Waals surface area contributed by atoms with E-state index >= 15 is 0 Å². The van der Waals surface area contributed by atoms with Gasteiger partial charge in [0.2, 0.25) is 0 Å². The summed E-state index contributed by atoms with van der Waals surface area (Å²) in [6, 6.07) is 4.99. The number of aliphatic carboxylic acids is 1. The normalized spacial score (nSPS) is 19.9. The van der Waals surface area contributed by atoms with Crippen LogP contribution in [0.1, 0.15) is 26.2 Å². The minimum atomic E-state index is -1.01. The summed E-state index contributed by atoms with van der Waals surface area (Å²) in [5.74, 6) is -2.00. The Kier molecular flexibility index (Phi) is 4.77. The maximum Gasteiger partial charge on any atom is 0.326 e. The molecule has 0 aliphatic carbocycles. The highest BCUT2D eigenvalue weighted by Crippen LogP contribution is 2.21. The molecule has 114 valence electrons. The summed E-state index contributed by atoms with van der Waals surface area (Å²) in [4.78, 5) is 24.9. The number of para-hydroxylation sites is 1. The molecule has 1 unspecified atom stereocenters. The molecule has 1 aromatic carbocycles. The van der Waals surface area contributed by atoms with Crippen molar-refractivity contribution < 1.29 is 23.8 Å². The van der Waals surface area contributed by atoms with Gasteiger partial charge in [0, 0.05) is 6.54 Å². The van der Waals surface area contributed by atoms with Crippen LogP contribution in [0.5, 0.6) is 5.75 Å². The smallest absolute Gasteiger partial charge is 0.326 e. The summed E-state index contributed by atoms with van der Waals surface area (Å²) in [7, 11) is 0. The highest BCUT2D eigenvalue weighted by Gasteiger charge is 2.34. The number of hydrogen-bond donors (Lipinski definition) is 1. The zero-order valence-corrected chi connectivity index (χ0v) is 11.8. The SMILES string of the molecule is CC(Oc1ccccc1F)C(=O)N1CCCC[C@H]1C(=O)O. The number of nitrogens with zero attached hydrogens (tertiary/aromatic N) is 1. The van der Waals surface area contributed by atoms with E-state index in [0.29, 0.717) is 13.0 Å². The highest BCUT2D eigenvalue weighted by molar-refractivity contribution is 5.86. The Morgan fingerprint density at radius 1 is 1.38 bits per heavy atom. The van der Waals surface area contributed by atoms with Crippen LogP contribution in [0.15, 0.2) is 24.3 Å². The number of carboxylic acid groups (broad SMARTS) is 1. The molecule has 5 nitrogen and oxygen atoms in total. The van der Waals surface area contributed by atoms with E-state index in [9.17, 15) is 19.1 Å². The Morgan fingerprint density at radius 2 is 2.10 bits per heavy atom. The van der Waals surface area contributed by atoms with E-state index in [-0.39, 0.29) is 5.75 Å². The van der Waals surface area contributed by atoms with Gasteiger partial charge in [0.05, 0.1) is 0 Å². The first-order valence-corrected chi connectivity index (χ1v) is 6.95. The molecule has 6 heteroatoms. The molecule has 0 bridgehead atoms. The fraction of sp³-hybridized carbons (Fsp3) is 0.467. The molecular formula is C15H18FNO4. The van der Waals surface area contributed by atoms with Gasteiger partial charge in [0.25, 0.3) is 5.91 Å². The third-order valence-electron chi connectivity index (χ3n) is 3.56. The molecule has 0 aromatic heterocycles. The zero-order chi connectivity index (χ0) is 15.4. The average molecular weight is 295 g/mol. The van der Waals surface area contributed by atoms with E-state index in [1.807, 2.05) is 0 Å². The number of carboxylic acids is 1. The standard InChI is InChI=1S/C15H18FNO4/c1-10(21-13-8-3-2-6-11(13)16)14(18)17-9-5-4-7-12(17)15(19)20/h2-3,6,8,10,12H,4-5,7,9H2,1H3,(H,19,20)/t10?,12-/m0/s1. The van der Waals surface area contributed by atoms with Crippen LogP contribution >= 0.6 is 0 Å². The minimum absolute atomic E-state index is 0.0118. The van der Waals surface area contributed by atoms with Crippen LogP contribution < -0.4 is 4.74 Å². The first-order chi connectivity index (χ1) is 10.0. The van der Waals surface area contributed by atoms with E-state index < -0.39 is 29.8 Å². The van der Waals surface area contributed by atoms with Crippen LogP contribution in [0, 0.1) is 5.82 Å². The third-order valence-corrected chi connectivity index (χ3v) is 3.56. The monoisotopic (exact) mass is 295 g/mol. The van der Waals surface area contributed by atoms with Crippen molar-refractivity contribution >= 4 is 11.9 Å². The third kappa shape index (κ3) is 3.51. The molecule has 1 amide bonds. The van der Waals surface area contributed by atoms with Gasteiger partial charge in [-0.15, -0.1) is 0 Å². The number of halogens is 1. The molecule has 1 aliphatic rings. The van der Waals surface area contributed by atoms with Crippen LogP contribution in [0.3, 0.4) is 0 Å². The molecule has 0 radical (unpaired) electrons. The van der Waals surface area contributed by atoms with Crippen molar-refractivity contribution in [1.29, 1.82) is 0 Å². The second kappa shape index (κ2) is 6.56. The van der Waals surface area contributed by atoms with Gasteiger partial charge in [-0.05, 0) is 38.3 Å². The molecular weight excluding hydrogens is 277 g/mol. The van der Waals surface area contributed by atoms with Crippen molar-refractivity contribution in [2.24, 2.45) is 0 Å². The zero-order valence-electron chi connectivity index (χ0n) is 11.8. The molecule has 2 atom stereocenters. The van der Waals surface area contributed by atoms with Crippen LogP contribution in [0.25, 0.3) is 0 Å². The van der Waals surface area contributed by atoms with Gasteiger partial charge in [0.15, 0.2) is 17.7 Å². The van der Waals surface area contributed by atoms with Gasteiger partial charge in [-0.2, -0.15) is 0 Å². The van der Waals surface area contributed by atoms with Crippen LogP contribution in [0.2, 0.25) is 0 Å². The lowest BCUT2D eigenvalue weighted by atomic mass is 10.0. The Labute approximate surface area is 122 Å². The summed E-state index contributed by atoms with van der Waals surface area (Å²) in [6.45, 7) is 1.89. The quantitative estimate of drug-likeness (QED) is 0.923. The van der Waals surface area contributed by atoms with Crippen molar-refractivity contribution in [3.05, 3.63) is 30.1 Å². The van der Waals surface area contributed by atoms with Crippen LogP contribution in [0.4, 0.5) is 4.39 Å². The molecule has 1 N–H and O–H groups in total. The molecule has 1 saturated heterocycles. The Morgan fingerprint density at radius 3 is 2.76 bits per heavy atom.